The molecule has 0 spiro atoms. The van der Waals surface area contributed by atoms with Crippen LogP contribution in [-0.4, -0.2) is 27.1 Å². The summed E-state index contributed by atoms with van der Waals surface area (Å²) in [7, 11) is -3.35. The van der Waals surface area contributed by atoms with Crippen molar-refractivity contribution in [2.45, 2.75) is 0 Å². The quantitative estimate of drug-likeness (QED) is 0.763. The first-order valence-corrected chi connectivity index (χ1v) is 6.61. The second-order valence-electron chi connectivity index (χ2n) is 3.34. The number of rotatable bonds is 4. The summed E-state index contributed by atoms with van der Waals surface area (Å²) in [5.41, 5.74) is 0.676. The van der Waals surface area contributed by atoms with Crippen LogP contribution >= 0.6 is 0 Å². The average Bonchev–Trinajstić information content (AvgIpc) is 2.24. The number of carbonyl (C=O) groups is 1. The maximum Gasteiger partial charge on any atom is 0.252 e. The van der Waals surface area contributed by atoms with Crippen molar-refractivity contribution in [2.24, 2.45) is 0 Å². The maximum atomic E-state index is 11.5. The van der Waals surface area contributed by atoms with Gasteiger partial charge in [-0.05, 0) is 18.2 Å². The summed E-state index contributed by atoms with van der Waals surface area (Å²) < 4.78 is 24.3. The third-order valence-electron chi connectivity index (χ3n) is 1.78. The van der Waals surface area contributed by atoms with Gasteiger partial charge in [0.15, 0.2) is 0 Å². The average molecular weight is 252 g/mol. The highest BCUT2D eigenvalue weighted by atomic mass is 32.2. The highest BCUT2D eigenvalue weighted by Crippen LogP contribution is 2.11. The number of hydrogen-bond acceptors (Lipinski definition) is 3. The molecule has 0 aliphatic rings. The molecule has 6 heteroatoms. The van der Waals surface area contributed by atoms with Gasteiger partial charge in [0, 0.05) is 11.3 Å². The summed E-state index contributed by atoms with van der Waals surface area (Å²) in [5, 5.41) is 2.49. The van der Waals surface area contributed by atoms with Crippen LogP contribution in [0.2, 0.25) is 0 Å². The van der Waals surface area contributed by atoms with Gasteiger partial charge in [-0.2, -0.15) is 0 Å². The van der Waals surface area contributed by atoms with Crippen LogP contribution < -0.4 is 10.0 Å². The van der Waals surface area contributed by atoms with Crippen LogP contribution in [0.25, 0.3) is 0 Å². The van der Waals surface area contributed by atoms with Crippen LogP contribution in [0.15, 0.2) is 24.3 Å². The lowest BCUT2D eigenvalue weighted by Gasteiger charge is -2.06. The Labute approximate surface area is 100 Å². The molecule has 0 aromatic heterocycles. The molecule has 1 amide bonds. The zero-order valence-corrected chi connectivity index (χ0v) is 10.0. The number of hydrogen-bond donors (Lipinski definition) is 2. The van der Waals surface area contributed by atoms with Gasteiger partial charge in [-0.1, -0.05) is 12.0 Å². The van der Waals surface area contributed by atoms with Crippen molar-refractivity contribution >= 4 is 21.6 Å². The van der Waals surface area contributed by atoms with Crippen LogP contribution in [0.3, 0.4) is 0 Å². The highest BCUT2D eigenvalue weighted by molar-refractivity contribution is 7.92. The number of nitrogens with one attached hydrogen (secondary N) is 2. The number of amides is 1. The van der Waals surface area contributed by atoms with Crippen LogP contribution in [0.5, 0.6) is 0 Å². The molecule has 1 aromatic rings. The minimum Gasteiger partial charge on any atom is -0.341 e. The van der Waals surface area contributed by atoms with Crippen LogP contribution in [0.4, 0.5) is 5.69 Å². The van der Waals surface area contributed by atoms with E-state index in [-0.39, 0.29) is 12.5 Å². The van der Waals surface area contributed by atoms with Gasteiger partial charge in [0.1, 0.15) is 0 Å². The Bertz CT molecular complexity index is 558. The summed E-state index contributed by atoms with van der Waals surface area (Å²) in [4.78, 5) is 11.5. The molecule has 0 bridgehead atoms. The Morgan fingerprint density at radius 3 is 2.76 bits per heavy atom. The topological polar surface area (TPSA) is 75.3 Å². The van der Waals surface area contributed by atoms with E-state index >= 15 is 0 Å². The molecule has 17 heavy (non-hydrogen) atoms. The van der Waals surface area contributed by atoms with Crippen LogP contribution in [-0.2, 0) is 10.0 Å². The fourth-order valence-corrected chi connectivity index (χ4v) is 1.73. The first kappa shape index (κ1) is 13.1. The number of anilines is 1. The molecule has 0 aliphatic heterocycles. The van der Waals surface area contributed by atoms with Crippen molar-refractivity contribution < 1.29 is 13.2 Å². The van der Waals surface area contributed by atoms with E-state index in [0.29, 0.717) is 11.3 Å². The molecule has 0 saturated carbocycles. The zero-order valence-electron chi connectivity index (χ0n) is 9.23. The SMILES string of the molecule is C#CCNC(=O)c1cccc(NS(C)(=O)=O)c1. The van der Waals surface area contributed by atoms with E-state index in [2.05, 4.69) is 16.0 Å². The number of carbonyl (C=O) groups excluding carboxylic acids is 1. The summed E-state index contributed by atoms with van der Waals surface area (Å²) >= 11 is 0. The van der Waals surface area contributed by atoms with Gasteiger partial charge in [0.05, 0.1) is 12.8 Å². The van der Waals surface area contributed by atoms with E-state index in [4.69, 9.17) is 6.42 Å². The minimum absolute atomic E-state index is 0.128. The summed E-state index contributed by atoms with van der Waals surface area (Å²) in [6.07, 6.45) is 6.05. The summed E-state index contributed by atoms with van der Waals surface area (Å²) in [6, 6.07) is 6.14. The van der Waals surface area contributed by atoms with E-state index in [1.54, 1.807) is 18.2 Å². The number of sulfonamides is 1. The number of terminal acetylenes is 1. The standard InChI is InChI=1S/C11H12N2O3S/c1-3-7-12-11(14)9-5-4-6-10(8-9)13-17(2,15)16/h1,4-6,8,13H,7H2,2H3,(H,12,14). The predicted octanol–water partition coefficient (Wildman–Crippen LogP) is 0.421. The van der Waals surface area contributed by atoms with Crippen molar-refractivity contribution in [3.63, 3.8) is 0 Å². The van der Waals surface area contributed by atoms with Crippen LogP contribution in [0, 0.1) is 12.3 Å². The van der Waals surface area contributed by atoms with E-state index in [9.17, 15) is 13.2 Å². The Hall–Kier alpha value is -2.00. The fraction of sp³-hybridized carbons (Fsp3) is 0.182. The van der Waals surface area contributed by atoms with Gasteiger partial charge in [-0.25, -0.2) is 8.42 Å². The molecule has 0 aliphatic carbocycles. The molecule has 0 fully saturated rings. The summed E-state index contributed by atoms with van der Waals surface area (Å²) in [6.45, 7) is 0.128. The van der Waals surface area contributed by atoms with Gasteiger partial charge in [0.2, 0.25) is 10.0 Å². The van der Waals surface area contributed by atoms with Gasteiger partial charge < -0.3 is 5.32 Å². The molecule has 2 N–H and O–H groups in total. The lowest BCUT2D eigenvalue weighted by atomic mass is 10.2. The Morgan fingerprint density at radius 2 is 2.18 bits per heavy atom. The molecule has 5 nitrogen and oxygen atoms in total. The summed E-state index contributed by atoms with van der Waals surface area (Å²) in [5.74, 6) is 1.93. The van der Waals surface area contributed by atoms with Crippen molar-refractivity contribution in [1.82, 2.24) is 5.32 Å². The zero-order chi connectivity index (χ0) is 12.9. The van der Waals surface area contributed by atoms with Crippen molar-refractivity contribution in [3.8, 4) is 12.3 Å². The maximum absolute atomic E-state index is 11.5. The molecule has 90 valence electrons. The van der Waals surface area contributed by atoms with Gasteiger partial charge in [-0.15, -0.1) is 6.42 Å². The molecule has 1 rings (SSSR count). The fourth-order valence-electron chi connectivity index (χ4n) is 1.17. The molecular weight excluding hydrogens is 240 g/mol. The van der Waals surface area contributed by atoms with Gasteiger partial charge in [-0.3, -0.25) is 9.52 Å². The lowest BCUT2D eigenvalue weighted by Crippen LogP contribution is -2.23. The Balaban J connectivity index is 2.86. The van der Waals surface area contributed by atoms with Gasteiger partial charge in [0.25, 0.3) is 5.91 Å². The largest absolute Gasteiger partial charge is 0.341 e. The van der Waals surface area contributed by atoms with Crippen molar-refractivity contribution in [1.29, 1.82) is 0 Å². The normalized spacial score (nSPS) is 10.4. The van der Waals surface area contributed by atoms with Gasteiger partial charge >= 0.3 is 0 Å². The molecule has 0 heterocycles. The van der Waals surface area contributed by atoms with Crippen LogP contribution in [0.1, 0.15) is 10.4 Å². The first-order chi connectivity index (χ1) is 7.92. The molecule has 0 unspecified atom stereocenters. The van der Waals surface area contributed by atoms with Crippen molar-refractivity contribution in [3.05, 3.63) is 29.8 Å². The monoisotopic (exact) mass is 252 g/mol. The smallest absolute Gasteiger partial charge is 0.252 e. The molecule has 1 aromatic carbocycles. The molecule has 0 radical (unpaired) electrons. The molecule has 0 saturated heterocycles. The minimum atomic E-state index is -3.35. The second kappa shape index (κ2) is 5.37. The van der Waals surface area contributed by atoms with E-state index in [0.717, 1.165) is 6.26 Å². The third kappa shape index (κ3) is 4.57. The first-order valence-electron chi connectivity index (χ1n) is 4.72. The third-order valence-corrected chi connectivity index (χ3v) is 2.39. The molecular formula is C11H12N2O3S. The van der Waals surface area contributed by atoms with E-state index < -0.39 is 10.0 Å². The Morgan fingerprint density at radius 1 is 1.47 bits per heavy atom. The highest BCUT2D eigenvalue weighted by Gasteiger charge is 2.07. The second-order valence-corrected chi connectivity index (χ2v) is 5.09. The van der Waals surface area contributed by atoms with E-state index in [1.807, 2.05) is 0 Å². The predicted molar refractivity (Wildman–Crippen MR) is 66.1 cm³/mol. The lowest BCUT2D eigenvalue weighted by molar-refractivity contribution is 0.0958. The van der Waals surface area contributed by atoms with E-state index in [1.165, 1.54) is 6.07 Å². The van der Waals surface area contributed by atoms with Crippen molar-refractivity contribution in [2.75, 3.05) is 17.5 Å². The number of benzene rings is 1. The molecule has 0 atom stereocenters. The Kier molecular flexibility index (Phi) is 4.12.